The van der Waals surface area contributed by atoms with Gasteiger partial charge in [-0.25, -0.2) is 9.59 Å². The molecular formula is C13H22N2O4. The van der Waals surface area contributed by atoms with Crippen LogP contribution in [-0.2, 0) is 9.53 Å². The van der Waals surface area contributed by atoms with Crippen molar-refractivity contribution in [3.63, 3.8) is 0 Å². The number of carboxylic acid groups (broad SMARTS) is 1. The molecule has 2 saturated heterocycles. The van der Waals surface area contributed by atoms with Gasteiger partial charge < -0.3 is 19.6 Å². The summed E-state index contributed by atoms with van der Waals surface area (Å²) in [6, 6.07) is -0.745. The number of likely N-dealkylation sites (tertiary alicyclic amines) is 2. The molecule has 1 unspecified atom stereocenters. The zero-order chi connectivity index (χ0) is 13.8. The number of urea groups is 1. The van der Waals surface area contributed by atoms with Gasteiger partial charge in [-0.3, -0.25) is 0 Å². The minimum atomic E-state index is -0.889. The lowest BCUT2D eigenvalue weighted by Crippen LogP contribution is -2.50. The first kappa shape index (κ1) is 14.1. The van der Waals surface area contributed by atoms with Crippen molar-refractivity contribution in [3.05, 3.63) is 0 Å². The fourth-order valence-corrected chi connectivity index (χ4v) is 2.96. The third-order valence-electron chi connectivity index (χ3n) is 4.07. The fourth-order valence-electron chi connectivity index (χ4n) is 2.96. The summed E-state index contributed by atoms with van der Waals surface area (Å²) in [5.74, 6) is -0.372. The van der Waals surface area contributed by atoms with E-state index in [1.807, 2.05) is 0 Å². The monoisotopic (exact) mass is 270 g/mol. The first-order valence-electron chi connectivity index (χ1n) is 6.90. The van der Waals surface area contributed by atoms with E-state index in [1.165, 1.54) is 4.90 Å². The van der Waals surface area contributed by atoms with E-state index in [0.717, 1.165) is 25.9 Å². The van der Waals surface area contributed by atoms with Crippen molar-refractivity contribution in [1.82, 2.24) is 9.80 Å². The highest BCUT2D eigenvalue weighted by atomic mass is 16.5. The average molecular weight is 270 g/mol. The Kier molecular flexibility index (Phi) is 4.63. The number of carbonyl (C=O) groups excluding carboxylic acids is 1. The van der Waals surface area contributed by atoms with Crippen molar-refractivity contribution in [2.24, 2.45) is 5.92 Å². The number of methoxy groups -OCH3 is 1. The highest BCUT2D eigenvalue weighted by Crippen LogP contribution is 2.23. The molecule has 1 atom stereocenters. The van der Waals surface area contributed by atoms with E-state index in [9.17, 15) is 9.59 Å². The molecule has 6 heteroatoms. The molecule has 2 heterocycles. The summed E-state index contributed by atoms with van der Waals surface area (Å²) < 4.78 is 5.13. The summed E-state index contributed by atoms with van der Waals surface area (Å²) >= 11 is 0. The quantitative estimate of drug-likeness (QED) is 0.831. The number of amides is 2. The highest BCUT2D eigenvalue weighted by molar-refractivity contribution is 5.83. The summed E-state index contributed by atoms with van der Waals surface area (Å²) in [6.07, 6.45) is 3.22. The number of ether oxygens (including phenoxy) is 1. The van der Waals surface area contributed by atoms with Crippen LogP contribution >= 0.6 is 0 Å². The van der Waals surface area contributed by atoms with E-state index in [4.69, 9.17) is 9.84 Å². The van der Waals surface area contributed by atoms with Crippen LogP contribution in [0, 0.1) is 5.92 Å². The molecule has 108 valence electrons. The Hall–Kier alpha value is -1.30. The molecule has 0 aliphatic carbocycles. The molecule has 0 bridgehead atoms. The SMILES string of the molecule is COCC1CCN(C(=O)N2CCCC2C(=O)O)CC1. The molecule has 0 aromatic carbocycles. The van der Waals surface area contributed by atoms with Crippen LogP contribution < -0.4 is 0 Å². The van der Waals surface area contributed by atoms with Gasteiger partial charge in [0.15, 0.2) is 0 Å². The van der Waals surface area contributed by atoms with Crippen LogP contribution in [0.3, 0.4) is 0 Å². The molecule has 1 N–H and O–H groups in total. The van der Waals surface area contributed by atoms with Gasteiger partial charge in [0.05, 0.1) is 0 Å². The van der Waals surface area contributed by atoms with E-state index in [-0.39, 0.29) is 6.03 Å². The molecule has 0 radical (unpaired) electrons. The topological polar surface area (TPSA) is 70.1 Å². The lowest BCUT2D eigenvalue weighted by Gasteiger charge is -2.35. The van der Waals surface area contributed by atoms with Crippen LogP contribution in [-0.4, -0.2) is 66.3 Å². The number of carboxylic acids is 1. The number of rotatable bonds is 3. The van der Waals surface area contributed by atoms with Gasteiger partial charge in [-0.2, -0.15) is 0 Å². The van der Waals surface area contributed by atoms with Crippen molar-refractivity contribution in [2.45, 2.75) is 31.7 Å². The fraction of sp³-hybridized carbons (Fsp3) is 0.846. The lowest BCUT2D eigenvalue weighted by atomic mass is 9.98. The van der Waals surface area contributed by atoms with Crippen LogP contribution in [0.1, 0.15) is 25.7 Å². The molecule has 2 rings (SSSR count). The van der Waals surface area contributed by atoms with Crippen molar-refractivity contribution in [2.75, 3.05) is 33.4 Å². The predicted octanol–water partition coefficient (Wildman–Crippen LogP) is 1.01. The van der Waals surface area contributed by atoms with Gasteiger partial charge in [-0.15, -0.1) is 0 Å². The lowest BCUT2D eigenvalue weighted by molar-refractivity contribution is -0.141. The van der Waals surface area contributed by atoms with Gasteiger partial charge in [0.1, 0.15) is 6.04 Å². The molecule has 2 fully saturated rings. The first-order valence-corrected chi connectivity index (χ1v) is 6.90. The zero-order valence-electron chi connectivity index (χ0n) is 11.4. The number of carbonyl (C=O) groups is 2. The third-order valence-corrected chi connectivity index (χ3v) is 4.07. The predicted molar refractivity (Wildman–Crippen MR) is 68.9 cm³/mol. The maximum atomic E-state index is 12.3. The van der Waals surface area contributed by atoms with Crippen molar-refractivity contribution in [1.29, 1.82) is 0 Å². The minimum absolute atomic E-state index is 0.110. The van der Waals surface area contributed by atoms with Crippen LogP contribution in [0.2, 0.25) is 0 Å². The normalized spacial score (nSPS) is 24.8. The third kappa shape index (κ3) is 3.18. The largest absolute Gasteiger partial charge is 0.480 e. The van der Waals surface area contributed by atoms with Crippen LogP contribution in [0.15, 0.2) is 0 Å². The van der Waals surface area contributed by atoms with E-state index >= 15 is 0 Å². The van der Waals surface area contributed by atoms with Crippen molar-refractivity contribution in [3.8, 4) is 0 Å². The second kappa shape index (κ2) is 6.23. The summed E-state index contributed by atoms with van der Waals surface area (Å²) in [5, 5.41) is 9.11. The van der Waals surface area contributed by atoms with Gasteiger partial charge in [-0.1, -0.05) is 0 Å². The molecule has 6 nitrogen and oxygen atoms in total. The second-order valence-electron chi connectivity index (χ2n) is 5.36. The molecular weight excluding hydrogens is 248 g/mol. The van der Waals surface area contributed by atoms with Gasteiger partial charge in [0, 0.05) is 33.4 Å². The zero-order valence-corrected chi connectivity index (χ0v) is 11.4. The molecule has 2 aliphatic heterocycles. The van der Waals surface area contributed by atoms with E-state index in [0.29, 0.717) is 32.0 Å². The molecule has 0 saturated carbocycles. The van der Waals surface area contributed by atoms with Crippen LogP contribution in [0.5, 0.6) is 0 Å². The van der Waals surface area contributed by atoms with E-state index in [1.54, 1.807) is 12.0 Å². The molecule has 19 heavy (non-hydrogen) atoms. The van der Waals surface area contributed by atoms with Gasteiger partial charge >= 0.3 is 12.0 Å². The second-order valence-corrected chi connectivity index (χ2v) is 5.36. The maximum absolute atomic E-state index is 12.3. The van der Waals surface area contributed by atoms with Gasteiger partial charge in [0.2, 0.25) is 0 Å². The maximum Gasteiger partial charge on any atom is 0.326 e. The number of hydrogen-bond donors (Lipinski definition) is 1. The van der Waals surface area contributed by atoms with Gasteiger partial charge in [0.25, 0.3) is 0 Å². The summed E-state index contributed by atoms with van der Waals surface area (Å²) in [7, 11) is 1.69. The molecule has 0 spiro atoms. The summed E-state index contributed by atoms with van der Waals surface area (Å²) in [4.78, 5) is 26.7. The number of hydrogen-bond acceptors (Lipinski definition) is 3. The molecule has 2 aliphatic rings. The Morgan fingerprint density at radius 2 is 1.89 bits per heavy atom. The smallest absolute Gasteiger partial charge is 0.326 e. The number of piperidine rings is 1. The Morgan fingerprint density at radius 3 is 2.47 bits per heavy atom. The standard InChI is InChI=1S/C13H22N2O4/c1-19-9-10-4-7-14(8-5-10)13(18)15-6-2-3-11(15)12(16)17/h10-11H,2-9H2,1H3,(H,16,17). The minimum Gasteiger partial charge on any atom is -0.480 e. The number of nitrogens with zero attached hydrogens (tertiary/aromatic N) is 2. The van der Waals surface area contributed by atoms with E-state index in [2.05, 4.69) is 0 Å². The highest BCUT2D eigenvalue weighted by Gasteiger charge is 2.37. The average Bonchev–Trinajstić information content (AvgIpc) is 2.88. The van der Waals surface area contributed by atoms with Crippen molar-refractivity contribution < 1.29 is 19.4 Å². The summed E-state index contributed by atoms with van der Waals surface area (Å²) in [5.41, 5.74) is 0. The van der Waals surface area contributed by atoms with Crippen molar-refractivity contribution >= 4 is 12.0 Å². The molecule has 0 aromatic heterocycles. The number of aliphatic carboxylic acids is 1. The Morgan fingerprint density at radius 1 is 1.21 bits per heavy atom. The van der Waals surface area contributed by atoms with E-state index < -0.39 is 12.0 Å². The summed E-state index contributed by atoms with van der Waals surface area (Å²) in [6.45, 7) is 2.71. The Labute approximate surface area is 113 Å². The van der Waals surface area contributed by atoms with Crippen LogP contribution in [0.25, 0.3) is 0 Å². The first-order chi connectivity index (χ1) is 9.13. The Bertz CT molecular complexity index is 340. The van der Waals surface area contributed by atoms with Gasteiger partial charge in [-0.05, 0) is 31.6 Å². The molecule has 0 aromatic rings. The molecule has 2 amide bonds. The Balaban J connectivity index is 1.89. The van der Waals surface area contributed by atoms with Crippen LogP contribution in [0.4, 0.5) is 4.79 Å².